The highest BCUT2D eigenvalue weighted by Crippen LogP contribution is 2.45. The van der Waals surface area contributed by atoms with Crippen molar-refractivity contribution in [2.75, 3.05) is 11.7 Å². The van der Waals surface area contributed by atoms with Gasteiger partial charge in [0.15, 0.2) is 16.6 Å². The lowest BCUT2D eigenvalue weighted by molar-refractivity contribution is 0.174. The predicted molar refractivity (Wildman–Crippen MR) is 132 cm³/mol. The fourth-order valence-corrected chi connectivity index (χ4v) is 4.85. The Bertz CT molecular complexity index is 1330. The average molecular weight is 520 g/mol. The van der Waals surface area contributed by atoms with Gasteiger partial charge in [0.2, 0.25) is 6.79 Å². The van der Waals surface area contributed by atoms with E-state index in [0.717, 1.165) is 38.7 Å². The van der Waals surface area contributed by atoms with Crippen LogP contribution in [0.25, 0.3) is 11.3 Å². The lowest BCUT2D eigenvalue weighted by Gasteiger charge is -2.26. The summed E-state index contributed by atoms with van der Waals surface area (Å²) in [5, 5.41) is 4.04. The Labute approximate surface area is 204 Å². The largest absolute Gasteiger partial charge is 0.459 e. The second kappa shape index (κ2) is 8.20. The fourth-order valence-electron chi connectivity index (χ4n) is 4.24. The second-order valence-electron chi connectivity index (χ2n) is 7.74. The van der Waals surface area contributed by atoms with Crippen LogP contribution in [0.5, 0.6) is 11.5 Å². The van der Waals surface area contributed by atoms with Gasteiger partial charge < -0.3 is 24.1 Å². The SMILES string of the molecule is S=C1N[C@H](c2ccccn2)[C@H](c2ccc(-c3ccc(Br)cc3)o2)N1c1ccc2c(c1)OCO2. The number of nitrogens with zero attached hydrogens (tertiary/aromatic N) is 2. The summed E-state index contributed by atoms with van der Waals surface area (Å²) in [6.07, 6.45) is 1.79. The number of pyridine rings is 1. The Morgan fingerprint density at radius 3 is 2.64 bits per heavy atom. The van der Waals surface area contributed by atoms with Gasteiger partial charge in [-0.1, -0.05) is 34.1 Å². The van der Waals surface area contributed by atoms with Gasteiger partial charge >= 0.3 is 0 Å². The Morgan fingerprint density at radius 2 is 1.82 bits per heavy atom. The molecule has 2 aliphatic heterocycles. The summed E-state index contributed by atoms with van der Waals surface area (Å²) < 4.78 is 18.5. The second-order valence-corrected chi connectivity index (χ2v) is 9.05. The van der Waals surface area contributed by atoms with Gasteiger partial charge in [-0.05, 0) is 60.7 Å². The van der Waals surface area contributed by atoms with Crippen molar-refractivity contribution in [2.24, 2.45) is 0 Å². The van der Waals surface area contributed by atoms with Crippen molar-refractivity contribution in [3.8, 4) is 22.8 Å². The molecule has 4 aromatic rings. The van der Waals surface area contributed by atoms with Crippen molar-refractivity contribution in [1.29, 1.82) is 0 Å². The minimum absolute atomic E-state index is 0.187. The molecular weight excluding hydrogens is 502 g/mol. The molecule has 8 heteroatoms. The summed E-state index contributed by atoms with van der Waals surface area (Å²) in [5.41, 5.74) is 2.78. The zero-order valence-electron chi connectivity index (χ0n) is 17.3. The number of halogens is 1. The van der Waals surface area contributed by atoms with E-state index in [9.17, 15) is 0 Å². The number of anilines is 1. The number of nitrogens with one attached hydrogen (secondary N) is 1. The first-order valence-electron chi connectivity index (χ1n) is 10.4. The van der Waals surface area contributed by atoms with Crippen LogP contribution in [0.1, 0.15) is 23.5 Å². The predicted octanol–water partition coefficient (Wildman–Crippen LogP) is 6.01. The summed E-state index contributed by atoms with van der Waals surface area (Å²) in [7, 11) is 0. The summed E-state index contributed by atoms with van der Waals surface area (Å²) in [6, 6.07) is 23.3. The van der Waals surface area contributed by atoms with Gasteiger partial charge in [0, 0.05) is 28.0 Å². The van der Waals surface area contributed by atoms with Crippen molar-refractivity contribution < 1.29 is 13.9 Å². The van der Waals surface area contributed by atoms with Crippen LogP contribution >= 0.6 is 28.1 Å². The third-order valence-corrected chi connectivity index (χ3v) is 6.62. The monoisotopic (exact) mass is 519 g/mol. The molecule has 0 spiro atoms. The van der Waals surface area contributed by atoms with Crippen molar-refractivity contribution in [3.05, 3.63) is 94.9 Å². The van der Waals surface area contributed by atoms with Crippen LogP contribution in [-0.2, 0) is 0 Å². The lowest BCUT2D eigenvalue weighted by atomic mass is 10.0. The van der Waals surface area contributed by atoms with Crippen LogP contribution in [0.2, 0.25) is 0 Å². The van der Waals surface area contributed by atoms with Crippen LogP contribution in [0, 0.1) is 0 Å². The molecule has 2 aromatic heterocycles. The van der Waals surface area contributed by atoms with E-state index in [1.165, 1.54) is 0 Å². The maximum atomic E-state index is 6.40. The number of hydrogen-bond acceptors (Lipinski definition) is 5. The standard InChI is InChI=1S/C25H18BrN3O3S/c26-16-6-4-15(5-7-16)19-10-11-21(32-19)24-23(18-3-1-2-12-27-18)28-25(33)29(24)17-8-9-20-22(13-17)31-14-30-20/h1-13,23-24H,14H2,(H,28,33)/t23-,24+/m1/s1. The van der Waals surface area contributed by atoms with E-state index in [1.807, 2.05) is 72.8 Å². The molecule has 0 amide bonds. The minimum atomic E-state index is -0.239. The molecule has 164 valence electrons. The first-order valence-corrected chi connectivity index (χ1v) is 11.6. The van der Waals surface area contributed by atoms with Crippen LogP contribution in [0.3, 0.4) is 0 Å². The number of rotatable bonds is 4. The highest BCUT2D eigenvalue weighted by Gasteiger charge is 2.43. The number of ether oxygens (including phenoxy) is 2. The zero-order chi connectivity index (χ0) is 22.4. The third-order valence-electron chi connectivity index (χ3n) is 5.78. The molecule has 1 saturated heterocycles. The number of benzene rings is 2. The normalized spacial score (nSPS) is 19.1. The number of thiocarbonyl (C=S) groups is 1. The first-order chi connectivity index (χ1) is 16.2. The van der Waals surface area contributed by atoms with Crippen LogP contribution < -0.4 is 19.7 Å². The van der Waals surface area contributed by atoms with Crippen LogP contribution in [0.15, 0.2) is 87.9 Å². The molecule has 1 fully saturated rings. The third kappa shape index (κ3) is 3.65. The van der Waals surface area contributed by atoms with E-state index in [-0.39, 0.29) is 18.9 Å². The molecule has 0 radical (unpaired) electrons. The van der Waals surface area contributed by atoms with Crippen molar-refractivity contribution in [3.63, 3.8) is 0 Å². The number of hydrogen-bond donors (Lipinski definition) is 1. The van der Waals surface area contributed by atoms with E-state index in [0.29, 0.717) is 10.9 Å². The maximum Gasteiger partial charge on any atom is 0.231 e. The molecule has 4 heterocycles. The molecule has 2 aliphatic rings. The minimum Gasteiger partial charge on any atom is -0.459 e. The Balaban J connectivity index is 1.44. The molecule has 2 aromatic carbocycles. The van der Waals surface area contributed by atoms with Crippen molar-refractivity contribution in [1.82, 2.24) is 10.3 Å². The van der Waals surface area contributed by atoms with Crippen molar-refractivity contribution >= 4 is 38.9 Å². The van der Waals surface area contributed by atoms with E-state index >= 15 is 0 Å². The van der Waals surface area contributed by atoms with Gasteiger partial charge in [-0.15, -0.1) is 0 Å². The summed E-state index contributed by atoms with van der Waals surface area (Å²) in [6.45, 7) is 0.218. The highest BCUT2D eigenvalue weighted by molar-refractivity contribution is 9.10. The van der Waals surface area contributed by atoms with Gasteiger partial charge in [-0.3, -0.25) is 4.98 Å². The van der Waals surface area contributed by atoms with E-state index in [4.69, 9.17) is 26.1 Å². The smallest absolute Gasteiger partial charge is 0.231 e. The summed E-state index contributed by atoms with van der Waals surface area (Å²) in [4.78, 5) is 6.65. The quantitative estimate of drug-likeness (QED) is 0.331. The average Bonchev–Trinajstić information content (AvgIpc) is 3.58. The number of aromatic nitrogens is 1. The molecule has 0 unspecified atom stereocenters. The zero-order valence-corrected chi connectivity index (χ0v) is 19.7. The number of furan rings is 1. The summed E-state index contributed by atoms with van der Waals surface area (Å²) >= 11 is 9.27. The lowest BCUT2D eigenvalue weighted by Crippen LogP contribution is -2.29. The van der Waals surface area contributed by atoms with E-state index in [2.05, 4.69) is 31.1 Å². The fraction of sp³-hybridized carbons (Fsp3) is 0.120. The number of fused-ring (bicyclic) bond motifs is 1. The van der Waals surface area contributed by atoms with Crippen LogP contribution in [0.4, 0.5) is 5.69 Å². The molecule has 33 heavy (non-hydrogen) atoms. The Morgan fingerprint density at radius 1 is 0.970 bits per heavy atom. The topological polar surface area (TPSA) is 59.8 Å². The van der Waals surface area contributed by atoms with E-state index < -0.39 is 0 Å². The Kier molecular flexibility index (Phi) is 5.04. The van der Waals surface area contributed by atoms with E-state index in [1.54, 1.807) is 6.20 Å². The van der Waals surface area contributed by atoms with Gasteiger partial charge in [0.25, 0.3) is 0 Å². The molecule has 0 aliphatic carbocycles. The molecule has 1 N–H and O–H groups in total. The Hall–Kier alpha value is -3.36. The van der Waals surface area contributed by atoms with Gasteiger partial charge in [-0.2, -0.15) is 0 Å². The van der Waals surface area contributed by atoms with Crippen molar-refractivity contribution in [2.45, 2.75) is 12.1 Å². The molecule has 0 bridgehead atoms. The summed E-state index contributed by atoms with van der Waals surface area (Å²) in [5.74, 6) is 3.00. The molecular formula is C25H18BrN3O3S. The molecule has 6 nitrogen and oxygen atoms in total. The molecule has 2 atom stereocenters. The van der Waals surface area contributed by atoms with Gasteiger partial charge in [0.1, 0.15) is 17.6 Å². The van der Waals surface area contributed by atoms with Gasteiger partial charge in [0.05, 0.1) is 11.7 Å². The van der Waals surface area contributed by atoms with Gasteiger partial charge in [-0.25, -0.2) is 0 Å². The maximum absolute atomic E-state index is 6.40. The van der Waals surface area contributed by atoms with Crippen LogP contribution in [-0.4, -0.2) is 16.9 Å². The highest BCUT2D eigenvalue weighted by atomic mass is 79.9. The molecule has 6 rings (SSSR count). The first kappa shape index (κ1) is 20.3. The molecule has 0 saturated carbocycles.